The number of aromatic nitrogens is 2. The number of benzene rings is 2. The topological polar surface area (TPSA) is 88.6 Å². The average Bonchev–Trinajstić information content (AvgIpc) is 2.89. The van der Waals surface area contributed by atoms with Gasteiger partial charge in [-0.25, -0.2) is 9.97 Å². The van der Waals surface area contributed by atoms with Gasteiger partial charge in [0.25, 0.3) is 0 Å². The largest absolute Gasteiger partial charge is 0.495 e. The minimum absolute atomic E-state index is 0.102. The molecule has 0 aliphatic carbocycles. The SMILES string of the molecule is C=CC(=O)NC1CCN(C(=C)C)CC1Nc1ncc2cc(-c3c(Cl)c(OC)cc(OC)c3Cl)ccc2n1. The molecule has 194 valence electrons. The van der Waals surface area contributed by atoms with E-state index in [1.807, 2.05) is 25.1 Å². The molecule has 3 aromatic rings. The summed E-state index contributed by atoms with van der Waals surface area (Å²) >= 11 is 13.2. The molecule has 2 heterocycles. The number of piperidine rings is 1. The van der Waals surface area contributed by atoms with Crippen LogP contribution in [0.15, 0.2) is 55.4 Å². The van der Waals surface area contributed by atoms with E-state index in [-0.39, 0.29) is 18.0 Å². The van der Waals surface area contributed by atoms with E-state index in [9.17, 15) is 4.79 Å². The summed E-state index contributed by atoms with van der Waals surface area (Å²) in [5.41, 5.74) is 3.09. The lowest BCUT2D eigenvalue weighted by Crippen LogP contribution is -2.56. The molecule has 0 bridgehead atoms. The zero-order chi connectivity index (χ0) is 26.7. The van der Waals surface area contributed by atoms with Gasteiger partial charge < -0.3 is 25.0 Å². The molecule has 1 amide bonds. The number of likely N-dealkylation sites (tertiary alicyclic amines) is 1. The Labute approximate surface area is 226 Å². The number of fused-ring (bicyclic) bond motifs is 1. The number of nitrogens with one attached hydrogen (secondary N) is 2. The van der Waals surface area contributed by atoms with Crippen LogP contribution in [0.4, 0.5) is 5.95 Å². The lowest BCUT2D eigenvalue weighted by atomic mass is 9.98. The Hall–Kier alpha value is -3.49. The fourth-order valence-electron chi connectivity index (χ4n) is 4.42. The average molecular weight is 542 g/mol. The molecule has 1 fully saturated rings. The summed E-state index contributed by atoms with van der Waals surface area (Å²) in [6, 6.07) is 7.13. The van der Waals surface area contributed by atoms with Crippen LogP contribution in [0, 0.1) is 0 Å². The number of halogens is 2. The molecule has 1 aliphatic heterocycles. The zero-order valence-corrected chi connectivity index (χ0v) is 22.5. The van der Waals surface area contributed by atoms with Crippen molar-refractivity contribution >= 4 is 46.0 Å². The van der Waals surface area contributed by atoms with Gasteiger partial charge in [-0.3, -0.25) is 4.79 Å². The maximum Gasteiger partial charge on any atom is 0.243 e. The molecule has 37 heavy (non-hydrogen) atoms. The molecule has 10 heteroatoms. The van der Waals surface area contributed by atoms with Gasteiger partial charge in [-0.05, 0) is 37.1 Å². The fourth-order valence-corrected chi connectivity index (χ4v) is 5.14. The van der Waals surface area contributed by atoms with Crippen LogP contribution in [0.5, 0.6) is 11.5 Å². The molecule has 2 aromatic carbocycles. The highest BCUT2D eigenvalue weighted by Crippen LogP contribution is 2.46. The van der Waals surface area contributed by atoms with Crippen LogP contribution in [-0.2, 0) is 4.79 Å². The molecule has 4 rings (SSSR count). The third-order valence-electron chi connectivity index (χ3n) is 6.42. The van der Waals surface area contributed by atoms with Crippen molar-refractivity contribution in [1.82, 2.24) is 20.2 Å². The molecule has 2 N–H and O–H groups in total. The van der Waals surface area contributed by atoms with Crippen molar-refractivity contribution in [3.05, 3.63) is 65.4 Å². The molecule has 0 radical (unpaired) electrons. The Morgan fingerprint density at radius 1 is 1.16 bits per heavy atom. The zero-order valence-electron chi connectivity index (χ0n) is 21.0. The van der Waals surface area contributed by atoms with Crippen LogP contribution >= 0.6 is 23.2 Å². The standard InChI is InChI=1S/C27H29Cl2N5O3/c1-6-23(35)31-19-9-10-34(15(2)3)14-20(19)33-27-30-13-17-11-16(7-8-18(17)32-27)24-25(28)21(36-4)12-22(37-5)26(24)29/h6-8,11-13,19-20H,1-2,9-10,14H2,3-5H3,(H,31,35)(H,30,32,33). The Kier molecular flexibility index (Phi) is 8.10. The summed E-state index contributed by atoms with van der Waals surface area (Å²) in [6.07, 6.45) is 3.78. The van der Waals surface area contributed by atoms with Crippen LogP contribution in [0.25, 0.3) is 22.0 Å². The number of nitrogens with zero attached hydrogens (tertiary/aromatic N) is 3. The second kappa shape index (κ2) is 11.3. The highest BCUT2D eigenvalue weighted by atomic mass is 35.5. The number of allylic oxidation sites excluding steroid dienone is 1. The molecule has 1 aliphatic rings. The first-order valence-electron chi connectivity index (χ1n) is 11.7. The van der Waals surface area contributed by atoms with Gasteiger partial charge in [0, 0.05) is 42.0 Å². The van der Waals surface area contributed by atoms with Gasteiger partial charge in [-0.15, -0.1) is 0 Å². The van der Waals surface area contributed by atoms with Gasteiger partial charge in [0.15, 0.2) is 0 Å². The number of hydrogen-bond acceptors (Lipinski definition) is 7. The molecular weight excluding hydrogens is 513 g/mol. The van der Waals surface area contributed by atoms with Crippen molar-refractivity contribution in [2.45, 2.75) is 25.4 Å². The minimum Gasteiger partial charge on any atom is -0.495 e. The van der Waals surface area contributed by atoms with Crippen molar-refractivity contribution in [2.75, 3.05) is 32.6 Å². The second-order valence-corrected chi connectivity index (χ2v) is 9.55. The number of rotatable bonds is 8. The number of hydrogen-bond donors (Lipinski definition) is 2. The Balaban J connectivity index is 1.64. The Morgan fingerprint density at radius 3 is 2.49 bits per heavy atom. The summed E-state index contributed by atoms with van der Waals surface area (Å²) in [4.78, 5) is 23.4. The number of ether oxygens (including phenoxy) is 2. The van der Waals surface area contributed by atoms with Gasteiger partial charge in [0.2, 0.25) is 11.9 Å². The van der Waals surface area contributed by atoms with E-state index in [0.717, 1.165) is 35.1 Å². The van der Waals surface area contributed by atoms with E-state index in [2.05, 4.69) is 33.7 Å². The van der Waals surface area contributed by atoms with Crippen LogP contribution < -0.4 is 20.1 Å². The van der Waals surface area contributed by atoms with Gasteiger partial charge >= 0.3 is 0 Å². The third kappa shape index (κ3) is 5.60. The monoisotopic (exact) mass is 541 g/mol. The van der Waals surface area contributed by atoms with Crippen LogP contribution in [0.2, 0.25) is 10.0 Å². The molecule has 1 saturated heterocycles. The predicted molar refractivity (Wildman–Crippen MR) is 149 cm³/mol. The lowest BCUT2D eigenvalue weighted by Gasteiger charge is -2.40. The first kappa shape index (κ1) is 26.6. The maximum absolute atomic E-state index is 12.0. The lowest BCUT2D eigenvalue weighted by molar-refractivity contribution is -0.117. The Morgan fingerprint density at radius 2 is 1.86 bits per heavy atom. The second-order valence-electron chi connectivity index (χ2n) is 8.79. The number of anilines is 1. The van der Waals surface area contributed by atoms with E-state index >= 15 is 0 Å². The highest BCUT2D eigenvalue weighted by molar-refractivity contribution is 6.41. The molecule has 0 spiro atoms. The third-order valence-corrected chi connectivity index (χ3v) is 7.17. The van der Waals surface area contributed by atoms with E-state index in [1.54, 1.807) is 12.3 Å². The van der Waals surface area contributed by atoms with Crippen molar-refractivity contribution in [3.8, 4) is 22.6 Å². The van der Waals surface area contributed by atoms with Crippen LogP contribution in [-0.4, -0.2) is 60.2 Å². The van der Waals surface area contributed by atoms with Crippen molar-refractivity contribution in [1.29, 1.82) is 0 Å². The quantitative estimate of drug-likeness (QED) is 0.373. The predicted octanol–water partition coefficient (Wildman–Crippen LogP) is 5.31. The van der Waals surface area contributed by atoms with E-state index in [0.29, 0.717) is 39.6 Å². The minimum atomic E-state index is -0.209. The number of amides is 1. The van der Waals surface area contributed by atoms with E-state index < -0.39 is 0 Å². The fraction of sp³-hybridized carbons (Fsp3) is 0.296. The van der Waals surface area contributed by atoms with Gasteiger partial charge in [0.05, 0.1) is 41.9 Å². The first-order valence-corrected chi connectivity index (χ1v) is 12.5. The summed E-state index contributed by atoms with van der Waals surface area (Å²) in [7, 11) is 3.08. The Bertz CT molecular complexity index is 1340. The highest BCUT2D eigenvalue weighted by Gasteiger charge is 2.30. The summed E-state index contributed by atoms with van der Waals surface area (Å²) in [5.74, 6) is 1.18. The van der Waals surface area contributed by atoms with Crippen molar-refractivity contribution in [2.24, 2.45) is 0 Å². The smallest absolute Gasteiger partial charge is 0.243 e. The first-order chi connectivity index (χ1) is 17.7. The van der Waals surface area contributed by atoms with Gasteiger partial charge in [0.1, 0.15) is 11.5 Å². The normalized spacial score (nSPS) is 17.3. The van der Waals surface area contributed by atoms with E-state index in [1.165, 1.54) is 20.3 Å². The molecule has 2 atom stereocenters. The summed E-state index contributed by atoms with van der Waals surface area (Å²) in [6.45, 7) is 11.1. The molecule has 1 aromatic heterocycles. The molecule has 8 nitrogen and oxygen atoms in total. The number of carbonyl (C=O) groups is 1. The molecule has 2 unspecified atom stereocenters. The summed E-state index contributed by atoms with van der Waals surface area (Å²) < 4.78 is 10.8. The van der Waals surface area contributed by atoms with Crippen LogP contribution in [0.3, 0.4) is 0 Å². The number of methoxy groups -OCH3 is 2. The number of carbonyl (C=O) groups excluding carboxylic acids is 1. The summed E-state index contributed by atoms with van der Waals surface area (Å²) in [5, 5.41) is 8.00. The molecule has 0 saturated carbocycles. The molecular formula is C27H29Cl2N5O3. The van der Waals surface area contributed by atoms with Crippen LogP contribution in [0.1, 0.15) is 13.3 Å². The van der Waals surface area contributed by atoms with Crippen molar-refractivity contribution in [3.63, 3.8) is 0 Å². The van der Waals surface area contributed by atoms with E-state index in [4.69, 9.17) is 37.7 Å². The van der Waals surface area contributed by atoms with Crippen molar-refractivity contribution < 1.29 is 14.3 Å². The maximum atomic E-state index is 12.0. The van der Waals surface area contributed by atoms with Gasteiger partial charge in [-0.2, -0.15) is 0 Å². The van der Waals surface area contributed by atoms with Gasteiger partial charge in [-0.1, -0.05) is 42.4 Å².